The van der Waals surface area contributed by atoms with E-state index in [9.17, 15) is 8.42 Å². The van der Waals surface area contributed by atoms with Crippen LogP contribution >= 0.6 is 11.6 Å². The lowest BCUT2D eigenvalue weighted by Crippen LogP contribution is -2.40. The number of ether oxygens (including phenoxy) is 1. The Kier molecular flexibility index (Phi) is 5.14. The van der Waals surface area contributed by atoms with Crippen LogP contribution in [0.25, 0.3) is 0 Å². The molecule has 0 amide bonds. The molecule has 1 saturated heterocycles. The number of sulfonamides is 1. The summed E-state index contributed by atoms with van der Waals surface area (Å²) in [5.74, 6) is 0.290. The Labute approximate surface area is 130 Å². The van der Waals surface area contributed by atoms with Gasteiger partial charge in [-0.05, 0) is 50.3 Å². The van der Waals surface area contributed by atoms with Crippen LogP contribution in [0.2, 0.25) is 5.02 Å². The molecule has 0 aromatic heterocycles. The number of nitrogens with two attached hydrogens (primary N) is 1. The van der Waals surface area contributed by atoms with Crippen LogP contribution in [0.5, 0.6) is 0 Å². The van der Waals surface area contributed by atoms with Gasteiger partial charge in [-0.3, -0.25) is 0 Å². The maximum atomic E-state index is 12.5. The first-order valence-electron chi connectivity index (χ1n) is 6.97. The molecule has 0 aliphatic carbocycles. The molecule has 1 aromatic rings. The SMILES string of the molecule is Cc1cc(Cl)c(N)cc1S(=O)(=O)NC(C)C1CCOCC1. The molecule has 2 rings (SSSR count). The maximum absolute atomic E-state index is 12.5. The van der Waals surface area contributed by atoms with Crippen molar-refractivity contribution >= 4 is 27.3 Å². The molecular weight excluding hydrogens is 312 g/mol. The smallest absolute Gasteiger partial charge is 0.241 e. The monoisotopic (exact) mass is 332 g/mol. The fourth-order valence-electron chi connectivity index (χ4n) is 2.58. The van der Waals surface area contributed by atoms with Crippen LogP contribution in [-0.2, 0) is 14.8 Å². The predicted octanol–water partition coefficient (Wildman–Crippen LogP) is 2.32. The molecule has 1 aliphatic rings. The summed E-state index contributed by atoms with van der Waals surface area (Å²) < 4.78 is 33.1. The van der Waals surface area contributed by atoms with Gasteiger partial charge >= 0.3 is 0 Å². The fraction of sp³-hybridized carbons (Fsp3) is 0.571. The Bertz CT molecular complexity index is 613. The van der Waals surface area contributed by atoms with Gasteiger partial charge < -0.3 is 10.5 Å². The summed E-state index contributed by atoms with van der Waals surface area (Å²) in [6, 6.07) is 2.84. The minimum absolute atomic E-state index is 0.143. The molecule has 21 heavy (non-hydrogen) atoms. The highest BCUT2D eigenvalue weighted by atomic mass is 35.5. The van der Waals surface area contributed by atoms with Crippen molar-refractivity contribution < 1.29 is 13.2 Å². The third-order valence-electron chi connectivity index (χ3n) is 3.90. The third kappa shape index (κ3) is 3.88. The number of rotatable bonds is 4. The van der Waals surface area contributed by atoms with E-state index < -0.39 is 10.0 Å². The van der Waals surface area contributed by atoms with E-state index in [1.807, 2.05) is 6.92 Å². The molecule has 3 N–H and O–H groups in total. The number of anilines is 1. The maximum Gasteiger partial charge on any atom is 0.241 e. The summed E-state index contributed by atoms with van der Waals surface area (Å²) in [6.07, 6.45) is 1.73. The molecule has 5 nitrogen and oxygen atoms in total. The van der Waals surface area contributed by atoms with Crippen molar-refractivity contribution in [2.45, 2.75) is 37.6 Å². The van der Waals surface area contributed by atoms with Gasteiger partial charge in [-0.2, -0.15) is 0 Å². The Morgan fingerprint density at radius 1 is 1.38 bits per heavy atom. The summed E-state index contributed by atoms with van der Waals surface area (Å²) in [6.45, 7) is 4.97. The Hall–Kier alpha value is -0.820. The van der Waals surface area contributed by atoms with Crippen LogP contribution in [0, 0.1) is 12.8 Å². The van der Waals surface area contributed by atoms with Crippen LogP contribution in [0.4, 0.5) is 5.69 Å². The second-order valence-electron chi connectivity index (χ2n) is 5.50. The van der Waals surface area contributed by atoms with Gasteiger partial charge in [0.05, 0.1) is 15.6 Å². The van der Waals surface area contributed by atoms with Crippen molar-refractivity contribution in [3.63, 3.8) is 0 Å². The molecule has 118 valence electrons. The van der Waals surface area contributed by atoms with Gasteiger partial charge in [0.25, 0.3) is 0 Å². The first-order chi connectivity index (χ1) is 9.81. The number of halogens is 1. The Morgan fingerprint density at radius 2 is 2.00 bits per heavy atom. The van der Waals surface area contributed by atoms with Gasteiger partial charge in [0.1, 0.15) is 0 Å². The van der Waals surface area contributed by atoms with E-state index in [1.54, 1.807) is 13.0 Å². The number of nitrogens with one attached hydrogen (secondary N) is 1. The zero-order valence-electron chi connectivity index (χ0n) is 12.2. The van der Waals surface area contributed by atoms with E-state index in [4.69, 9.17) is 22.1 Å². The molecule has 0 bridgehead atoms. The fourth-order valence-corrected chi connectivity index (χ4v) is 4.37. The van der Waals surface area contributed by atoms with Crippen LogP contribution in [0.3, 0.4) is 0 Å². The molecule has 1 heterocycles. The molecule has 1 aliphatic heterocycles. The second kappa shape index (κ2) is 6.52. The van der Waals surface area contributed by atoms with Gasteiger partial charge in [0.2, 0.25) is 10.0 Å². The first-order valence-corrected chi connectivity index (χ1v) is 8.83. The van der Waals surface area contributed by atoms with Crippen LogP contribution in [0.15, 0.2) is 17.0 Å². The first kappa shape index (κ1) is 16.5. The summed E-state index contributed by atoms with van der Waals surface area (Å²) in [7, 11) is -3.61. The zero-order chi connectivity index (χ0) is 15.6. The van der Waals surface area contributed by atoms with E-state index in [-0.39, 0.29) is 16.6 Å². The van der Waals surface area contributed by atoms with Gasteiger partial charge in [-0.1, -0.05) is 11.6 Å². The minimum Gasteiger partial charge on any atom is -0.397 e. The zero-order valence-corrected chi connectivity index (χ0v) is 13.8. The minimum atomic E-state index is -3.61. The Morgan fingerprint density at radius 3 is 2.62 bits per heavy atom. The van der Waals surface area contributed by atoms with Crippen molar-refractivity contribution in [3.05, 3.63) is 22.7 Å². The molecule has 1 unspecified atom stereocenters. The van der Waals surface area contributed by atoms with E-state index >= 15 is 0 Å². The molecular formula is C14H21ClN2O3S. The second-order valence-corrected chi connectivity index (χ2v) is 7.59. The van der Waals surface area contributed by atoms with Crippen molar-refractivity contribution in [1.29, 1.82) is 0 Å². The molecule has 0 spiro atoms. The van der Waals surface area contributed by atoms with Crippen molar-refractivity contribution in [2.24, 2.45) is 5.92 Å². The highest BCUT2D eigenvalue weighted by molar-refractivity contribution is 7.89. The summed E-state index contributed by atoms with van der Waals surface area (Å²) >= 11 is 5.91. The third-order valence-corrected chi connectivity index (χ3v) is 5.93. The number of benzene rings is 1. The largest absolute Gasteiger partial charge is 0.397 e. The highest BCUT2D eigenvalue weighted by Crippen LogP contribution is 2.27. The number of hydrogen-bond acceptors (Lipinski definition) is 4. The molecule has 0 saturated carbocycles. The lowest BCUT2D eigenvalue weighted by molar-refractivity contribution is 0.0585. The summed E-state index contributed by atoms with van der Waals surface area (Å²) in [5, 5.41) is 0.365. The lowest BCUT2D eigenvalue weighted by atomic mass is 9.94. The van der Waals surface area contributed by atoms with Gasteiger partial charge in [-0.15, -0.1) is 0 Å². The lowest BCUT2D eigenvalue weighted by Gasteiger charge is -2.28. The number of nitrogen functional groups attached to an aromatic ring is 1. The quantitative estimate of drug-likeness (QED) is 0.829. The van der Waals surface area contributed by atoms with E-state index in [1.165, 1.54) is 6.07 Å². The molecule has 0 radical (unpaired) electrons. The van der Waals surface area contributed by atoms with Crippen molar-refractivity contribution in [2.75, 3.05) is 18.9 Å². The standard InChI is InChI=1S/C14H21ClN2O3S/c1-9-7-12(15)13(16)8-14(9)21(18,19)17-10(2)11-3-5-20-6-4-11/h7-8,10-11,17H,3-6,16H2,1-2H3. The topological polar surface area (TPSA) is 81.4 Å². The van der Waals surface area contributed by atoms with Gasteiger partial charge in [0.15, 0.2) is 0 Å². The number of hydrogen-bond donors (Lipinski definition) is 2. The van der Waals surface area contributed by atoms with Crippen molar-refractivity contribution in [1.82, 2.24) is 4.72 Å². The molecule has 1 fully saturated rings. The van der Waals surface area contributed by atoms with Crippen LogP contribution in [-0.4, -0.2) is 27.7 Å². The van der Waals surface area contributed by atoms with E-state index in [0.29, 0.717) is 29.7 Å². The van der Waals surface area contributed by atoms with E-state index in [0.717, 1.165) is 12.8 Å². The normalized spacial score (nSPS) is 18.6. The molecule has 1 aromatic carbocycles. The highest BCUT2D eigenvalue weighted by Gasteiger charge is 2.26. The van der Waals surface area contributed by atoms with Gasteiger partial charge in [-0.25, -0.2) is 13.1 Å². The van der Waals surface area contributed by atoms with Gasteiger partial charge in [0, 0.05) is 19.3 Å². The average Bonchev–Trinajstić information content (AvgIpc) is 2.43. The summed E-state index contributed by atoms with van der Waals surface area (Å²) in [4.78, 5) is 0.184. The molecule has 7 heteroatoms. The Balaban J connectivity index is 2.20. The predicted molar refractivity (Wildman–Crippen MR) is 83.9 cm³/mol. The summed E-state index contributed by atoms with van der Waals surface area (Å²) in [5.41, 5.74) is 6.57. The molecule has 1 atom stereocenters. The number of aryl methyl sites for hydroxylation is 1. The van der Waals surface area contributed by atoms with Crippen LogP contribution < -0.4 is 10.5 Å². The van der Waals surface area contributed by atoms with Crippen molar-refractivity contribution in [3.8, 4) is 0 Å². The van der Waals surface area contributed by atoms with Crippen LogP contribution in [0.1, 0.15) is 25.3 Å². The van der Waals surface area contributed by atoms with E-state index in [2.05, 4.69) is 4.72 Å². The average molecular weight is 333 g/mol.